The molecule has 39 heavy (non-hydrogen) atoms. The molecule has 0 aromatic carbocycles. The number of nitrogens with zero attached hydrogens (tertiary/aromatic N) is 2. The number of ether oxygens (including phenoxy) is 3. The number of imidazole rings is 1. The van der Waals surface area contributed by atoms with E-state index in [-0.39, 0.29) is 18.2 Å². The van der Waals surface area contributed by atoms with Crippen LogP contribution < -0.4 is 4.57 Å². The SMILES string of the molecule is CCCCCCCCCCCCCCCC(OCCCOC(=O)CCCC[n+]1ccn(CC)c1)C(C)OCC. The molecule has 2 atom stereocenters. The van der Waals surface area contributed by atoms with Crippen molar-refractivity contribution < 1.29 is 23.6 Å². The van der Waals surface area contributed by atoms with Gasteiger partial charge in [0.15, 0.2) is 0 Å². The third kappa shape index (κ3) is 20.2. The molecule has 0 aliphatic heterocycles. The first-order valence-corrected chi connectivity index (χ1v) is 16.5. The van der Waals surface area contributed by atoms with Crippen LogP contribution in [-0.2, 0) is 32.1 Å². The fraction of sp³-hybridized carbons (Fsp3) is 0.879. The Balaban J connectivity index is 2.04. The van der Waals surface area contributed by atoms with Crippen molar-refractivity contribution in [2.75, 3.05) is 19.8 Å². The highest BCUT2D eigenvalue weighted by Crippen LogP contribution is 2.16. The molecular formula is C33H63N2O4+. The van der Waals surface area contributed by atoms with E-state index in [2.05, 4.69) is 48.6 Å². The Morgan fingerprint density at radius 1 is 0.769 bits per heavy atom. The summed E-state index contributed by atoms with van der Waals surface area (Å²) in [4.78, 5) is 12.1. The third-order valence-electron chi connectivity index (χ3n) is 7.59. The van der Waals surface area contributed by atoms with Crippen LogP contribution in [0.15, 0.2) is 18.7 Å². The Morgan fingerprint density at radius 2 is 1.41 bits per heavy atom. The van der Waals surface area contributed by atoms with Gasteiger partial charge in [-0.25, -0.2) is 9.13 Å². The zero-order chi connectivity index (χ0) is 28.4. The molecule has 6 heteroatoms. The van der Waals surface area contributed by atoms with E-state index in [0.717, 1.165) is 38.8 Å². The lowest BCUT2D eigenvalue weighted by Crippen LogP contribution is -2.31. The average molecular weight is 552 g/mol. The van der Waals surface area contributed by atoms with Gasteiger partial charge in [0.1, 0.15) is 12.4 Å². The number of carbonyl (C=O) groups excluding carboxylic acids is 1. The molecule has 1 aromatic heterocycles. The smallest absolute Gasteiger partial charge is 0.305 e. The van der Waals surface area contributed by atoms with E-state index in [0.29, 0.717) is 26.2 Å². The van der Waals surface area contributed by atoms with Crippen LogP contribution in [-0.4, -0.2) is 42.6 Å². The number of unbranched alkanes of at least 4 members (excludes halogenated alkanes) is 13. The minimum atomic E-state index is -0.0997. The zero-order valence-electron chi connectivity index (χ0n) is 26.2. The molecule has 0 saturated heterocycles. The predicted octanol–water partition coefficient (Wildman–Crippen LogP) is 8.19. The molecular weight excluding hydrogens is 488 g/mol. The third-order valence-corrected chi connectivity index (χ3v) is 7.59. The fourth-order valence-corrected chi connectivity index (χ4v) is 5.06. The first-order chi connectivity index (χ1) is 19.1. The first-order valence-electron chi connectivity index (χ1n) is 16.5. The van der Waals surface area contributed by atoms with Crippen LogP contribution in [0.1, 0.15) is 143 Å². The molecule has 0 N–H and O–H groups in total. The standard InChI is InChI=1S/C33H63N2O4/c1-5-8-9-10-11-12-13-14-15-16-17-18-19-23-32(31(4)37-7-3)38-28-22-29-39-33(36)24-20-21-25-35-27-26-34(6-2)30-35/h26-27,30-32H,5-25,28-29H2,1-4H3/q+1. The van der Waals surface area contributed by atoms with Crippen LogP contribution in [0.4, 0.5) is 0 Å². The highest BCUT2D eigenvalue weighted by atomic mass is 16.5. The van der Waals surface area contributed by atoms with Gasteiger partial charge in [0, 0.05) is 19.4 Å². The van der Waals surface area contributed by atoms with Gasteiger partial charge >= 0.3 is 5.97 Å². The van der Waals surface area contributed by atoms with Crippen LogP contribution in [0.25, 0.3) is 0 Å². The number of aryl methyl sites for hydroxylation is 2. The number of carbonyl (C=O) groups is 1. The van der Waals surface area contributed by atoms with Crippen molar-refractivity contribution in [2.45, 2.75) is 169 Å². The predicted molar refractivity (Wildman–Crippen MR) is 161 cm³/mol. The lowest BCUT2D eigenvalue weighted by atomic mass is 10.0. The maximum Gasteiger partial charge on any atom is 0.305 e. The molecule has 0 aliphatic rings. The van der Waals surface area contributed by atoms with Gasteiger partial charge in [0.25, 0.3) is 0 Å². The number of rotatable bonds is 28. The van der Waals surface area contributed by atoms with Gasteiger partial charge < -0.3 is 14.2 Å². The summed E-state index contributed by atoms with van der Waals surface area (Å²) in [6.07, 6.45) is 28.4. The number of aromatic nitrogens is 2. The van der Waals surface area contributed by atoms with Crippen molar-refractivity contribution in [3.05, 3.63) is 18.7 Å². The Hall–Kier alpha value is -1.40. The first kappa shape index (κ1) is 35.6. The van der Waals surface area contributed by atoms with Crippen molar-refractivity contribution in [1.29, 1.82) is 0 Å². The molecule has 1 aromatic rings. The van der Waals surface area contributed by atoms with E-state index in [1.807, 2.05) is 6.92 Å². The summed E-state index contributed by atoms with van der Waals surface area (Å²) >= 11 is 0. The molecule has 0 radical (unpaired) electrons. The normalized spacial score (nSPS) is 13.0. The van der Waals surface area contributed by atoms with E-state index in [1.54, 1.807) is 0 Å². The van der Waals surface area contributed by atoms with Crippen LogP contribution in [0.2, 0.25) is 0 Å². The Labute approximate surface area is 241 Å². The summed E-state index contributed by atoms with van der Waals surface area (Å²) in [6, 6.07) is 0. The van der Waals surface area contributed by atoms with Gasteiger partial charge in [-0.2, -0.15) is 0 Å². The quantitative estimate of drug-likeness (QED) is 0.0598. The molecule has 0 aliphatic carbocycles. The largest absolute Gasteiger partial charge is 0.466 e. The van der Waals surface area contributed by atoms with E-state index < -0.39 is 0 Å². The van der Waals surface area contributed by atoms with E-state index >= 15 is 0 Å². The summed E-state index contributed by atoms with van der Waals surface area (Å²) in [5.74, 6) is -0.0997. The lowest BCUT2D eigenvalue weighted by Gasteiger charge is -2.24. The Bertz CT molecular complexity index is 678. The molecule has 1 heterocycles. The molecule has 6 nitrogen and oxygen atoms in total. The zero-order valence-corrected chi connectivity index (χ0v) is 26.2. The Kier molecular flexibility index (Phi) is 23.3. The summed E-state index contributed by atoms with van der Waals surface area (Å²) in [6.45, 7) is 12.2. The highest BCUT2D eigenvalue weighted by molar-refractivity contribution is 5.69. The van der Waals surface area contributed by atoms with Gasteiger partial charge in [0.05, 0.1) is 38.5 Å². The second kappa shape index (κ2) is 25.6. The number of hydrogen-bond donors (Lipinski definition) is 0. The van der Waals surface area contributed by atoms with E-state index in [4.69, 9.17) is 14.2 Å². The Morgan fingerprint density at radius 3 is 2.00 bits per heavy atom. The van der Waals surface area contributed by atoms with Crippen LogP contribution >= 0.6 is 0 Å². The van der Waals surface area contributed by atoms with Gasteiger partial charge in [0.2, 0.25) is 6.33 Å². The van der Waals surface area contributed by atoms with Gasteiger partial charge in [-0.05, 0) is 40.0 Å². The van der Waals surface area contributed by atoms with E-state index in [1.165, 1.54) is 83.5 Å². The minimum Gasteiger partial charge on any atom is -0.466 e. The van der Waals surface area contributed by atoms with Crippen molar-refractivity contribution in [3.63, 3.8) is 0 Å². The van der Waals surface area contributed by atoms with Crippen molar-refractivity contribution >= 4 is 5.97 Å². The summed E-state index contributed by atoms with van der Waals surface area (Å²) in [5, 5.41) is 0. The van der Waals surface area contributed by atoms with Crippen LogP contribution in [0.5, 0.6) is 0 Å². The maximum absolute atomic E-state index is 12.1. The van der Waals surface area contributed by atoms with Gasteiger partial charge in [-0.3, -0.25) is 4.79 Å². The monoisotopic (exact) mass is 551 g/mol. The molecule has 2 unspecified atom stereocenters. The highest BCUT2D eigenvalue weighted by Gasteiger charge is 2.18. The summed E-state index contributed by atoms with van der Waals surface area (Å²) < 4.78 is 21.8. The fourth-order valence-electron chi connectivity index (χ4n) is 5.06. The van der Waals surface area contributed by atoms with Gasteiger partial charge in [-0.1, -0.05) is 90.4 Å². The second-order valence-corrected chi connectivity index (χ2v) is 11.1. The second-order valence-electron chi connectivity index (χ2n) is 11.1. The maximum atomic E-state index is 12.1. The minimum absolute atomic E-state index is 0.0991. The number of hydrogen-bond acceptors (Lipinski definition) is 4. The summed E-state index contributed by atoms with van der Waals surface area (Å²) in [7, 11) is 0. The number of esters is 1. The molecule has 0 fully saturated rings. The molecule has 0 amide bonds. The van der Waals surface area contributed by atoms with Crippen molar-refractivity contribution in [2.24, 2.45) is 0 Å². The molecule has 0 spiro atoms. The van der Waals surface area contributed by atoms with Crippen LogP contribution in [0, 0.1) is 0 Å². The average Bonchev–Trinajstić information content (AvgIpc) is 3.40. The molecule has 1 rings (SSSR count). The van der Waals surface area contributed by atoms with Crippen LogP contribution in [0.3, 0.4) is 0 Å². The molecule has 0 bridgehead atoms. The van der Waals surface area contributed by atoms with E-state index in [9.17, 15) is 4.79 Å². The topological polar surface area (TPSA) is 53.6 Å². The van der Waals surface area contributed by atoms with Crippen molar-refractivity contribution in [3.8, 4) is 0 Å². The molecule has 0 saturated carbocycles. The lowest BCUT2D eigenvalue weighted by molar-refractivity contribution is -0.696. The molecule has 228 valence electrons. The van der Waals surface area contributed by atoms with Crippen molar-refractivity contribution in [1.82, 2.24) is 4.57 Å². The van der Waals surface area contributed by atoms with Gasteiger partial charge in [-0.15, -0.1) is 0 Å². The summed E-state index contributed by atoms with van der Waals surface area (Å²) in [5.41, 5.74) is 0.